The molecule has 0 aliphatic heterocycles. The van der Waals surface area contributed by atoms with Crippen molar-refractivity contribution in [2.75, 3.05) is 18.5 Å². The van der Waals surface area contributed by atoms with Crippen molar-refractivity contribution in [3.8, 4) is 0 Å². The van der Waals surface area contributed by atoms with Crippen LogP contribution >= 0.6 is 0 Å². The second kappa shape index (κ2) is 4.80. The molecule has 3 N–H and O–H groups in total. The Morgan fingerprint density at radius 2 is 2.06 bits per heavy atom. The van der Waals surface area contributed by atoms with E-state index in [0.29, 0.717) is 12.1 Å². The van der Waals surface area contributed by atoms with Crippen LogP contribution in [0.3, 0.4) is 0 Å². The lowest BCUT2D eigenvalue weighted by atomic mass is 10.1. The normalized spacial score (nSPS) is 11.6. The zero-order valence-electron chi connectivity index (χ0n) is 10.00. The number of rotatable bonds is 4. The van der Waals surface area contributed by atoms with Crippen LogP contribution in [-0.2, 0) is 6.54 Å². The summed E-state index contributed by atoms with van der Waals surface area (Å²) >= 11 is 0. The fourth-order valence-electron chi connectivity index (χ4n) is 1.61. The lowest BCUT2D eigenvalue weighted by molar-refractivity contribution is 0.0886. The molecule has 1 aromatic rings. The van der Waals surface area contributed by atoms with E-state index in [1.54, 1.807) is 26.0 Å². The molecule has 0 amide bonds. The van der Waals surface area contributed by atoms with E-state index in [-0.39, 0.29) is 12.4 Å². The van der Waals surface area contributed by atoms with Gasteiger partial charge in [0.25, 0.3) is 0 Å². The maximum absolute atomic E-state index is 13.5. The highest BCUT2D eigenvalue weighted by Gasteiger charge is 2.16. The number of halogens is 1. The topological polar surface area (TPSA) is 49.5 Å². The molecule has 1 aromatic carbocycles. The molecule has 1 rings (SSSR count). The van der Waals surface area contributed by atoms with Gasteiger partial charge in [-0.05, 0) is 26.0 Å². The number of aliphatic hydroxyl groups is 1. The molecule has 0 radical (unpaired) electrons. The van der Waals surface area contributed by atoms with E-state index in [1.165, 1.54) is 6.07 Å². The standard InChI is InChI=1S/C12H19FN2O/c1-12(2,16)8-15(3)10-5-4-9(7-14)11(13)6-10/h4-6,16H,7-8,14H2,1-3H3. The van der Waals surface area contributed by atoms with E-state index in [9.17, 15) is 9.50 Å². The highest BCUT2D eigenvalue weighted by molar-refractivity contribution is 5.47. The zero-order chi connectivity index (χ0) is 12.3. The van der Waals surface area contributed by atoms with E-state index in [1.807, 2.05) is 11.9 Å². The van der Waals surface area contributed by atoms with Crippen LogP contribution in [0.2, 0.25) is 0 Å². The first kappa shape index (κ1) is 12.9. The fraction of sp³-hybridized carbons (Fsp3) is 0.500. The van der Waals surface area contributed by atoms with Gasteiger partial charge in [0.1, 0.15) is 5.82 Å². The quantitative estimate of drug-likeness (QED) is 0.817. The first-order valence-corrected chi connectivity index (χ1v) is 5.25. The molecule has 0 aromatic heterocycles. The van der Waals surface area contributed by atoms with Crippen LogP contribution in [0.15, 0.2) is 18.2 Å². The van der Waals surface area contributed by atoms with Gasteiger partial charge in [-0.3, -0.25) is 0 Å². The van der Waals surface area contributed by atoms with Crippen molar-refractivity contribution in [1.29, 1.82) is 0 Å². The molecule has 0 heterocycles. The summed E-state index contributed by atoms with van der Waals surface area (Å²) in [5, 5.41) is 9.66. The molecule has 0 aliphatic carbocycles. The maximum atomic E-state index is 13.5. The van der Waals surface area contributed by atoms with E-state index < -0.39 is 5.60 Å². The van der Waals surface area contributed by atoms with Gasteiger partial charge in [0.05, 0.1) is 5.60 Å². The van der Waals surface area contributed by atoms with E-state index in [2.05, 4.69) is 0 Å². The molecule has 4 heteroatoms. The predicted octanol–water partition coefficient (Wildman–Crippen LogP) is 1.49. The maximum Gasteiger partial charge on any atom is 0.129 e. The monoisotopic (exact) mass is 226 g/mol. The number of likely N-dealkylation sites (N-methyl/N-ethyl adjacent to an activating group) is 1. The highest BCUT2D eigenvalue weighted by atomic mass is 19.1. The van der Waals surface area contributed by atoms with Crippen molar-refractivity contribution >= 4 is 5.69 Å². The van der Waals surface area contributed by atoms with Crippen molar-refractivity contribution in [2.24, 2.45) is 5.73 Å². The molecule has 0 saturated heterocycles. The summed E-state index contributed by atoms with van der Waals surface area (Å²) in [5.41, 5.74) is 5.81. The Balaban J connectivity index is 2.85. The van der Waals surface area contributed by atoms with Crippen LogP contribution in [0.25, 0.3) is 0 Å². The smallest absolute Gasteiger partial charge is 0.129 e. The van der Waals surface area contributed by atoms with Gasteiger partial charge in [0.2, 0.25) is 0 Å². The molecule has 0 atom stereocenters. The zero-order valence-corrected chi connectivity index (χ0v) is 10.00. The Kier molecular flexibility index (Phi) is 3.88. The van der Waals surface area contributed by atoms with E-state index in [4.69, 9.17) is 5.73 Å². The minimum Gasteiger partial charge on any atom is -0.389 e. The summed E-state index contributed by atoms with van der Waals surface area (Å²) in [7, 11) is 1.81. The Labute approximate surface area is 95.7 Å². The molecular weight excluding hydrogens is 207 g/mol. The first-order chi connectivity index (χ1) is 7.33. The number of hydrogen-bond acceptors (Lipinski definition) is 3. The van der Waals surface area contributed by atoms with Gasteiger partial charge >= 0.3 is 0 Å². The highest BCUT2D eigenvalue weighted by Crippen LogP contribution is 2.19. The minimum atomic E-state index is -0.808. The summed E-state index contributed by atoms with van der Waals surface area (Å²) in [4.78, 5) is 1.81. The molecule has 0 bridgehead atoms. The summed E-state index contributed by atoms with van der Waals surface area (Å²) in [6.45, 7) is 4.07. The molecule has 0 unspecified atom stereocenters. The van der Waals surface area contributed by atoms with Crippen molar-refractivity contribution in [3.05, 3.63) is 29.6 Å². The van der Waals surface area contributed by atoms with Crippen molar-refractivity contribution in [1.82, 2.24) is 0 Å². The summed E-state index contributed by atoms with van der Waals surface area (Å²) < 4.78 is 13.5. The van der Waals surface area contributed by atoms with Gasteiger partial charge in [-0.15, -0.1) is 0 Å². The predicted molar refractivity (Wildman–Crippen MR) is 63.9 cm³/mol. The fourth-order valence-corrected chi connectivity index (χ4v) is 1.61. The lowest BCUT2D eigenvalue weighted by Crippen LogP contribution is -2.36. The summed E-state index contributed by atoms with van der Waals surface area (Å²) in [6.07, 6.45) is 0. The van der Waals surface area contributed by atoms with E-state index >= 15 is 0 Å². The summed E-state index contributed by atoms with van der Waals surface area (Å²) in [5.74, 6) is -0.303. The number of nitrogens with two attached hydrogens (primary N) is 1. The van der Waals surface area contributed by atoms with Crippen molar-refractivity contribution in [3.63, 3.8) is 0 Å². The Hall–Kier alpha value is -1.13. The van der Waals surface area contributed by atoms with Crippen LogP contribution in [-0.4, -0.2) is 24.3 Å². The largest absolute Gasteiger partial charge is 0.389 e. The molecule has 0 fully saturated rings. The average Bonchev–Trinajstić information content (AvgIpc) is 2.15. The van der Waals surface area contributed by atoms with Crippen LogP contribution < -0.4 is 10.6 Å². The molecular formula is C12H19FN2O. The van der Waals surface area contributed by atoms with Crippen molar-refractivity contribution in [2.45, 2.75) is 26.0 Å². The third kappa shape index (κ3) is 3.47. The van der Waals surface area contributed by atoms with Gasteiger partial charge in [-0.1, -0.05) is 6.07 Å². The second-order valence-electron chi connectivity index (χ2n) is 4.65. The third-order valence-corrected chi connectivity index (χ3v) is 2.32. The number of anilines is 1. The SMILES string of the molecule is CN(CC(C)(C)O)c1ccc(CN)c(F)c1. The second-order valence-corrected chi connectivity index (χ2v) is 4.65. The van der Waals surface area contributed by atoms with E-state index in [0.717, 1.165) is 5.69 Å². The molecule has 0 aliphatic rings. The number of hydrogen-bond donors (Lipinski definition) is 2. The molecule has 0 spiro atoms. The van der Waals surface area contributed by atoms with Crippen LogP contribution in [0.1, 0.15) is 19.4 Å². The van der Waals surface area contributed by atoms with Gasteiger partial charge < -0.3 is 15.7 Å². The summed E-state index contributed by atoms with van der Waals surface area (Å²) in [6, 6.07) is 4.91. The Morgan fingerprint density at radius 1 is 1.44 bits per heavy atom. The first-order valence-electron chi connectivity index (χ1n) is 5.25. The minimum absolute atomic E-state index is 0.196. The van der Waals surface area contributed by atoms with Crippen LogP contribution in [0.5, 0.6) is 0 Å². The molecule has 0 saturated carbocycles. The van der Waals surface area contributed by atoms with Gasteiger partial charge in [0.15, 0.2) is 0 Å². The van der Waals surface area contributed by atoms with Crippen molar-refractivity contribution < 1.29 is 9.50 Å². The van der Waals surface area contributed by atoms with Gasteiger partial charge in [0, 0.05) is 31.4 Å². The molecule has 90 valence electrons. The van der Waals surface area contributed by atoms with Crippen LogP contribution in [0.4, 0.5) is 10.1 Å². The third-order valence-electron chi connectivity index (χ3n) is 2.32. The van der Waals surface area contributed by atoms with Gasteiger partial charge in [-0.25, -0.2) is 4.39 Å². The van der Waals surface area contributed by atoms with Gasteiger partial charge in [-0.2, -0.15) is 0 Å². The Morgan fingerprint density at radius 3 is 2.50 bits per heavy atom. The Bertz CT molecular complexity index is 361. The molecule has 16 heavy (non-hydrogen) atoms. The average molecular weight is 226 g/mol. The number of benzene rings is 1. The van der Waals surface area contributed by atoms with Crippen LogP contribution in [0, 0.1) is 5.82 Å². The lowest BCUT2D eigenvalue weighted by Gasteiger charge is -2.27. The molecule has 3 nitrogen and oxygen atoms in total. The number of nitrogens with zero attached hydrogens (tertiary/aromatic N) is 1.